The van der Waals surface area contributed by atoms with E-state index in [2.05, 4.69) is 6.92 Å². The number of alkyl halides is 3. The Balaban J connectivity index is 1.53. The van der Waals surface area contributed by atoms with Crippen LogP contribution in [-0.2, 0) is 4.79 Å². The summed E-state index contributed by atoms with van der Waals surface area (Å²) in [7, 11) is 0. The smallest absolute Gasteiger partial charge is 0.390 e. The highest BCUT2D eigenvalue weighted by atomic mass is 19.4. The first kappa shape index (κ1) is 17.6. The Bertz CT molecular complexity index is 572. The van der Waals surface area contributed by atoms with Gasteiger partial charge in [0.15, 0.2) is 0 Å². The van der Waals surface area contributed by atoms with Crippen molar-refractivity contribution < 1.29 is 23.1 Å². The van der Waals surface area contributed by atoms with Crippen molar-refractivity contribution in [2.45, 2.75) is 76.5 Å². The second-order valence-corrected chi connectivity index (χ2v) is 9.48. The third-order valence-corrected chi connectivity index (χ3v) is 7.60. The van der Waals surface area contributed by atoms with Gasteiger partial charge in [-0.15, -0.1) is 0 Å². The topological polar surface area (TPSA) is 40.5 Å². The van der Waals surface area contributed by atoms with Crippen LogP contribution in [0.25, 0.3) is 0 Å². The number of hydrogen-bond acceptors (Lipinski definition) is 2. The standard InChI is InChI=1S/C19H28F3NO2/c1-2-16-7-13-8-17(10-16,12-18(25,9-13)11-16)15(24)23-5-3-14(4-6-23)19(20,21)22/h13-14,25H,2-12H2,1H3. The molecule has 142 valence electrons. The molecule has 5 fully saturated rings. The number of likely N-dealkylation sites (tertiary alicyclic amines) is 1. The van der Waals surface area contributed by atoms with E-state index < -0.39 is 23.1 Å². The summed E-state index contributed by atoms with van der Waals surface area (Å²) in [4.78, 5) is 15.0. The summed E-state index contributed by atoms with van der Waals surface area (Å²) in [5, 5.41) is 11.0. The minimum absolute atomic E-state index is 0.0118. The molecule has 25 heavy (non-hydrogen) atoms. The summed E-state index contributed by atoms with van der Waals surface area (Å²) in [6.45, 7) is 2.55. The van der Waals surface area contributed by atoms with Crippen LogP contribution in [0.2, 0.25) is 0 Å². The third kappa shape index (κ3) is 2.79. The van der Waals surface area contributed by atoms with Crippen molar-refractivity contribution in [2.75, 3.05) is 13.1 Å². The Morgan fingerprint density at radius 1 is 1.12 bits per heavy atom. The van der Waals surface area contributed by atoms with Crippen LogP contribution in [0.4, 0.5) is 13.2 Å². The van der Waals surface area contributed by atoms with E-state index in [0.29, 0.717) is 12.3 Å². The van der Waals surface area contributed by atoms with E-state index in [1.807, 2.05) is 0 Å². The molecule has 0 aromatic carbocycles. The number of nitrogens with zero attached hydrogens (tertiary/aromatic N) is 1. The normalized spacial score (nSPS) is 44.4. The molecule has 4 aliphatic carbocycles. The van der Waals surface area contributed by atoms with Gasteiger partial charge in [-0.3, -0.25) is 4.79 Å². The molecule has 1 N–H and O–H groups in total. The lowest BCUT2D eigenvalue weighted by atomic mass is 9.42. The molecular formula is C19H28F3NO2. The molecule has 6 heteroatoms. The zero-order valence-electron chi connectivity index (χ0n) is 14.9. The van der Waals surface area contributed by atoms with E-state index in [-0.39, 0.29) is 37.3 Å². The van der Waals surface area contributed by atoms with Gasteiger partial charge in [-0.1, -0.05) is 13.3 Å². The fraction of sp³-hybridized carbons (Fsp3) is 0.947. The average Bonchev–Trinajstić information content (AvgIpc) is 2.51. The Hall–Kier alpha value is -0.780. The molecule has 5 aliphatic rings. The van der Waals surface area contributed by atoms with Gasteiger partial charge in [-0.05, 0) is 62.7 Å². The number of piperidine rings is 1. The van der Waals surface area contributed by atoms with Crippen LogP contribution in [0.1, 0.15) is 64.7 Å². The molecule has 4 atom stereocenters. The zero-order valence-corrected chi connectivity index (χ0v) is 14.9. The van der Waals surface area contributed by atoms with E-state index in [1.165, 1.54) is 0 Å². The van der Waals surface area contributed by atoms with E-state index in [0.717, 1.165) is 38.5 Å². The SMILES string of the molecule is CCC12CC3CC(O)(C1)CC(C(=O)N1CCC(C(F)(F)F)CC1)(C3)C2. The zero-order chi connectivity index (χ0) is 18.1. The van der Waals surface area contributed by atoms with E-state index in [4.69, 9.17) is 0 Å². The van der Waals surface area contributed by atoms with Crippen molar-refractivity contribution in [3.8, 4) is 0 Å². The van der Waals surface area contributed by atoms with Crippen LogP contribution in [-0.4, -0.2) is 40.8 Å². The van der Waals surface area contributed by atoms with Crippen molar-refractivity contribution in [3.63, 3.8) is 0 Å². The number of carbonyl (C=O) groups excluding carboxylic acids is 1. The van der Waals surface area contributed by atoms with Crippen LogP contribution < -0.4 is 0 Å². The Morgan fingerprint density at radius 2 is 1.80 bits per heavy atom. The Kier molecular flexibility index (Phi) is 3.78. The number of rotatable bonds is 2. The lowest BCUT2D eigenvalue weighted by Gasteiger charge is -2.65. The van der Waals surface area contributed by atoms with Gasteiger partial charge in [-0.2, -0.15) is 13.2 Å². The fourth-order valence-electron chi connectivity index (χ4n) is 6.96. The van der Waals surface area contributed by atoms with Gasteiger partial charge in [0, 0.05) is 13.1 Å². The van der Waals surface area contributed by atoms with Gasteiger partial charge in [0.1, 0.15) is 0 Å². The first-order chi connectivity index (χ1) is 11.6. The van der Waals surface area contributed by atoms with Crippen molar-refractivity contribution in [1.29, 1.82) is 0 Å². The average molecular weight is 359 g/mol. The molecule has 0 spiro atoms. The summed E-state index contributed by atoms with van der Waals surface area (Å²) < 4.78 is 38.7. The quantitative estimate of drug-likeness (QED) is 0.812. The number of aliphatic hydroxyl groups is 1. The summed E-state index contributed by atoms with van der Waals surface area (Å²) in [6.07, 6.45) is 1.65. The first-order valence-electron chi connectivity index (χ1n) is 9.67. The molecule has 1 saturated heterocycles. The predicted octanol–water partition coefficient (Wildman–Crippen LogP) is 3.90. The van der Waals surface area contributed by atoms with Crippen LogP contribution in [0, 0.1) is 22.7 Å². The molecule has 5 rings (SSSR count). The monoisotopic (exact) mass is 359 g/mol. The molecule has 4 unspecified atom stereocenters. The van der Waals surface area contributed by atoms with Gasteiger partial charge in [0.2, 0.25) is 5.91 Å². The minimum atomic E-state index is -4.16. The molecule has 0 radical (unpaired) electrons. The highest BCUT2D eigenvalue weighted by molar-refractivity contribution is 5.83. The number of hydrogen-bond donors (Lipinski definition) is 1. The summed E-state index contributed by atoms with van der Waals surface area (Å²) >= 11 is 0. The maximum Gasteiger partial charge on any atom is 0.391 e. The van der Waals surface area contributed by atoms with E-state index >= 15 is 0 Å². The summed E-state index contributed by atoms with van der Waals surface area (Å²) in [5.41, 5.74) is -1.22. The van der Waals surface area contributed by atoms with Crippen molar-refractivity contribution in [2.24, 2.45) is 22.7 Å². The summed E-state index contributed by atoms with van der Waals surface area (Å²) in [5.74, 6) is -0.870. The third-order valence-electron chi connectivity index (χ3n) is 7.60. The molecule has 1 amide bonds. The van der Waals surface area contributed by atoms with Gasteiger partial charge in [0.25, 0.3) is 0 Å². The number of amides is 1. The van der Waals surface area contributed by atoms with E-state index in [9.17, 15) is 23.1 Å². The molecule has 4 saturated carbocycles. The van der Waals surface area contributed by atoms with Crippen molar-refractivity contribution >= 4 is 5.91 Å². The molecule has 4 bridgehead atoms. The molecule has 1 heterocycles. The fourth-order valence-corrected chi connectivity index (χ4v) is 6.96. The van der Waals surface area contributed by atoms with Crippen LogP contribution in [0.15, 0.2) is 0 Å². The van der Waals surface area contributed by atoms with Gasteiger partial charge in [0.05, 0.1) is 16.9 Å². The lowest BCUT2D eigenvalue weighted by molar-refractivity contribution is -0.213. The second-order valence-electron chi connectivity index (χ2n) is 9.48. The maximum absolute atomic E-state index is 13.3. The molecule has 1 aliphatic heterocycles. The molecule has 0 aromatic rings. The predicted molar refractivity (Wildman–Crippen MR) is 86.7 cm³/mol. The Morgan fingerprint density at radius 3 is 2.36 bits per heavy atom. The first-order valence-corrected chi connectivity index (χ1v) is 9.67. The molecular weight excluding hydrogens is 331 g/mol. The van der Waals surface area contributed by atoms with E-state index in [1.54, 1.807) is 4.90 Å². The van der Waals surface area contributed by atoms with Gasteiger partial charge >= 0.3 is 6.18 Å². The Labute approximate surface area is 146 Å². The highest BCUT2D eigenvalue weighted by Crippen LogP contribution is 2.68. The number of carbonyl (C=O) groups is 1. The molecule has 0 aromatic heterocycles. The van der Waals surface area contributed by atoms with Crippen LogP contribution in [0.5, 0.6) is 0 Å². The minimum Gasteiger partial charge on any atom is -0.390 e. The number of halogens is 3. The second kappa shape index (κ2) is 5.37. The van der Waals surface area contributed by atoms with Gasteiger partial charge in [-0.25, -0.2) is 0 Å². The largest absolute Gasteiger partial charge is 0.391 e. The van der Waals surface area contributed by atoms with Crippen molar-refractivity contribution in [3.05, 3.63) is 0 Å². The lowest BCUT2D eigenvalue weighted by Crippen LogP contribution is -2.64. The van der Waals surface area contributed by atoms with Crippen molar-refractivity contribution in [1.82, 2.24) is 4.90 Å². The van der Waals surface area contributed by atoms with Crippen LogP contribution in [0.3, 0.4) is 0 Å². The van der Waals surface area contributed by atoms with Crippen LogP contribution >= 0.6 is 0 Å². The maximum atomic E-state index is 13.3. The molecule has 3 nitrogen and oxygen atoms in total. The summed E-state index contributed by atoms with van der Waals surface area (Å²) in [6, 6.07) is 0. The highest BCUT2D eigenvalue weighted by Gasteiger charge is 2.65. The van der Waals surface area contributed by atoms with Gasteiger partial charge < -0.3 is 10.0 Å².